The van der Waals surface area contributed by atoms with E-state index in [2.05, 4.69) is 53.6 Å². The summed E-state index contributed by atoms with van der Waals surface area (Å²) in [7, 11) is 1.95. The molecule has 2 N–H and O–H groups in total. The Morgan fingerprint density at radius 2 is 1.94 bits per heavy atom. The van der Waals surface area contributed by atoms with Gasteiger partial charge in [0.2, 0.25) is 0 Å². The van der Waals surface area contributed by atoms with Gasteiger partial charge in [-0.3, -0.25) is 5.10 Å². The van der Waals surface area contributed by atoms with Gasteiger partial charge in [0.15, 0.2) is 0 Å². The highest BCUT2D eigenvalue weighted by Crippen LogP contribution is 2.25. The highest BCUT2D eigenvalue weighted by Gasteiger charge is 2.12. The Bertz CT molecular complexity index is 456. The molecule has 1 atom stereocenters. The second kappa shape index (κ2) is 4.49. The lowest BCUT2D eigenvalue weighted by atomic mass is 10.0. The molecule has 0 spiro atoms. The number of aromatic nitrogens is 2. The zero-order chi connectivity index (χ0) is 11.5. The summed E-state index contributed by atoms with van der Waals surface area (Å²) in [5, 5.41) is 10.4. The van der Waals surface area contributed by atoms with E-state index in [0.29, 0.717) is 6.04 Å². The van der Waals surface area contributed by atoms with Crippen molar-refractivity contribution in [1.82, 2.24) is 15.5 Å². The van der Waals surface area contributed by atoms with Crippen molar-refractivity contribution in [2.75, 3.05) is 7.05 Å². The van der Waals surface area contributed by atoms with Crippen molar-refractivity contribution in [3.8, 4) is 11.3 Å². The van der Waals surface area contributed by atoms with Crippen molar-refractivity contribution in [2.45, 2.75) is 19.9 Å². The van der Waals surface area contributed by atoms with E-state index in [1.807, 2.05) is 13.2 Å². The fourth-order valence-corrected chi connectivity index (χ4v) is 1.73. The summed E-state index contributed by atoms with van der Waals surface area (Å²) in [5.41, 5.74) is 4.75. The van der Waals surface area contributed by atoms with Crippen LogP contribution in [0.2, 0.25) is 0 Å². The van der Waals surface area contributed by atoms with E-state index in [1.165, 1.54) is 16.7 Å². The molecule has 0 bridgehead atoms. The van der Waals surface area contributed by atoms with E-state index < -0.39 is 0 Å². The summed E-state index contributed by atoms with van der Waals surface area (Å²) < 4.78 is 0. The van der Waals surface area contributed by atoms with Crippen molar-refractivity contribution in [2.24, 2.45) is 0 Å². The van der Waals surface area contributed by atoms with E-state index in [1.54, 1.807) is 0 Å². The molecule has 0 radical (unpaired) electrons. The molecule has 0 aliphatic carbocycles. The van der Waals surface area contributed by atoms with Crippen LogP contribution in [0, 0.1) is 6.92 Å². The summed E-state index contributed by atoms with van der Waals surface area (Å²) in [6.07, 6.45) is 1.89. The van der Waals surface area contributed by atoms with Gasteiger partial charge < -0.3 is 5.32 Å². The number of hydrogen-bond donors (Lipinski definition) is 2. The van der Waals surface area contributed by atoms with Gasteiger partial charge in [0.1, 0.15) is 0 Å². The van der Waals surface area contributed by atoms with Crippen molar-refractivity contribution < 1.29 is 0 Å². The van der Waals surface area contributed by atoms with Gasteiger partial charge >= 0.3 is 0 Å². The lowest BCUT2D eigenvalue weighted by Gasteiger charge is -2.10. The molecular weight excluding hydrogens is 198 g/mol. The van der Waals surface area contributed by atoms with E-state index >= 15 is 0 Å². The largest absolute Gasteiger partial charge is 0.313 e. The lowest BCUT2D eigenvalue weighted by molar-refractivity contribution is 0.654. The van der Waals surface area contributed by atoms with Gasteiger partial charge in [-0.1, -0.05) is 29.8 Å². The maximum absolute atomic E-state index is 4.12. The molecule has 0 saturated heterocycles. The highest BCUT2D eigenvalue weighted by molar-refractivity contribution is 5.63. The standard InChI is InChI=1S/C13H17N3/c1-9-4-6-11(7-5-9)13-12(8-15-16-13)10(2)14-3/h4-8,10,14H,1-3H3,(H,15,16). The number of aromatic amines is 1. The third-order valence-electron chi connectivity index (χ3n) is 2.91. The minimum atomic E-state index is 0.301. The van der Waals surface area contributed by atoms with Crippen LogP contribution < -0.4 is 5.32 Å². The van der Waals surface area contributed by atoms with Crippen LogP contribution in [0.4, 0.5) is 0 Å². The minimum Gasteiger partial charge on any atom is -0.313 e. The van der Waals surface area contributed by atoms with Crippen LogP contribution >= 0.6 is 0 Å². The number of nitrogens with zero attached hydrogens (tertiary/aromatic N) is 1. The zero-order valence-electron chi connectivity index (χ0n) is 9.91. The molecule has 1 heterocycles. The van der Waals surface area contributed by atoms with Crippen LogP contribution in [0.3, 0.4) is 0 Å². The van der Waals surface area contributed by atoms with Gasteiger partial charge in [0.25, 0.3) is 0 Å². The Labute approximate surface area is 95.9 Å². The molecule has 2 aromatic rings. The number of nitrogens with one attached hydrogen (secondary N) is 2. The van der Waals surface area contributed by atoms with Crippen molar-refractivity contribution in [1.29, 1.82) is 0 Å². The minimum absolute atomic E-state index is 0.301. The summed E-state index contributed by atoms with van der Waals surface area (Å²) in [6, 6.07) is 8.77. The highest BCUT2D eigenvalue weighted by atomic mass is 15.1. The van der Waals surface area contributed by atoms with E-state index in [-0.39, 0.29) is 0 Å². The number of rotatable bonds is 3. The molecule has 0 aliphatic rings. The Balaban J connectivity index is 2.40. The zero-order valence-corrected chi connectivity index (χ0v) is 9.91. The molecule has 84 valence electrons. The Kier molecular flexibility index (Phi) is 3.06. The van der Waals surface area contributed by atoms with Crippen molar-refractivity contribution in [3.63, 3.8) is 0 Å². The molecule has 0 saturated carbocycles. The topological polar surface area (TPSA) is 40.7 Å². The molecule has 0 fully saturated rings. The maximum atomic E-state index is 4.12. The first kappa shape index (κ1) is 10.9. The van der Waals surface area contributed by atoms with Crippen molar-refractivity contribution >= 4 is 0 Å². The predicted octanol–water partition coefficient (Wildman–Crippen LogP) is 2.67. The quantitative estimate of drug-likeness (QED) is 0.826. The predicted molar refractivity (Wildman–Crippen MR) is 66.2 cm³/mol. The first-order chi connectivity index (χ1) is 7.72. The molecule has 2 rings (SSSR count). The summed E-state index contributed by atoms with van der Waals surface area (Å²) in [4.78, 5) is 0. The first-order valence-electron chi connectivity index (χ1n) is 5.50. The van der Waals surface area contributed by atoms with Gasteiger partial charge in [-0.05, 0) is 26.5 Å². The average molecular weight is 215 g/mol. The normalized spacial score (nSPS) is 12.7. The van der Waals surface area contributed by atoms with Crippen molar-refractivity contribution in [3.05, 3.63) is 41.6 Å². The fraction of sp³-hybridized carbons (Fsp3) is 0.308. The smallest absolute Gasteiger partial charge is 0.0697 e. The van der Waals surface area contributed by atoms with E-state index in [4.69, 9.17) is 0 Å². The van der Waals surface area contributed by atoms with Gasteiger partial charge in [-0.15, -0.1) is 0 Å². The van der Waals surface area contributed by atoms with Crippen LogP contribution in [0.15, 0.2) is 30.5 Å². The fourth-order valence-electron chi connectivity index (χ4n) is 1.73. The Morgan fingerprint density at radius 3 is 2.56 bits per heavy atom. The molecule has 1 unspecified atom stereocenters. The monoisotopic (exact) mass is 215 g/mol. The lowest BCUT2D eigenvalue weighted by Crippen LogP contribution is -2.12. The summed E-state index contributed by atoms with van der Waals surface area (Å²) >= 11 is 0. The van der Waals surface area contributed by atoms with E-state index in [0.717, 1.165) is 5.69 Å². The first-order valence-corrected chi connectivity index (χ1v) is 5.50. The molecule has 16 heavy (non-hydrogen) atoms. The van der Waals surface area contributed by atoms with Gasteiger partial charge in [0, 0.05) is 11.6 Å². The van der Waals surface area contributed by atoms with Gasteiger partial charge in [-0.25, -0.2) is 0 Å². The molecule has 0 aliphatic heterocycles. The van der Waals surface area contributed by atoms with Gasteiger partial charge in [0.05, 0.1) is 11.9 Å². The van der Waals surface area contributed by atoms with Crippen LogP contribution in [0.25, 0.3) is 11.3 Å². The number of benzene rings is 1. The third kappa shape index (κ3) is 1.99. The number of aryl methyl sites for hydroxylation is 1. The molecule has 1 aromatic carbocycles. The summed E-state index contributed by atoms with van der Waals surface area (Å²) in [5.74, 6) is 0. The van der Waals surface area contributed by atoms with Crippen LogP contribution in [0.1, 0.15) is 24.1 Å². The van der Waals surface area contributed by atoms with Crippen LogP contribution in [-0.4, -0.2) is 17.2 Å². The number of H-pyrrole nitrogens is 1. The average Bonchev–Trinajstić information content (AvgIpc) is 2.78. The maximum Gasteiger partial charge on any atom is 0.0697 e. The third-order valence-corrected chi connectivity index (χ3v) is 2.91. The summed E-state index contributed by atoms with van der Waals surface area (Å²) in [6.45, 7) is 4.22. The Hall–Kier alpha value is -1.61. The second-order valence-electron chi connectivity index (χ2n) is 4.08. The van der Waals surface area contributed by atoms with Crippen LogP contribution in [0.5, 0.6) is 0 Å². The van der Waals surface area contributed by atoms with Crippen LogP contribution in [-0.2, 0) is 0 Å². The Morgan fingerprint density at radius 1 is 1.25 bits per heavy atom. The van der Waals surface area contributed by atoms with Gasteiger partial charge in [-0.2, -0.15) is 5.10 Å². The van der Waals surface area contributed by atoms with E-state index in [9.17, 15) is 0 Å². The number of hydrogen-bond acceptors (Lipinski definition) is 2. The molecule has 1 aromatic heterocycles. The SMILES string of the molecule is CNC(C)c1cn[nH]c1-c1ccc(C)cc1. The molecule has 3 heteroatoms. The molecule has 3 nitrogen and oxygen atoms in total. The molecular formula is C13H17N3. The second-order valence-corrected chi connectivity index (χ2v) is 4.08. The molecule has 0 amide bonds.